The summed E-state index contributed by atoms with van der Waals surface area (Å²) in [5.41, 5.74) is 4.30. The van der Waals surface area contributed by atoms with E-state index < -0.39 is 0 Å². The minimum atomic E-state index is -0.180. The van der Waals surface area contributed by atoms with Gasteiger partial charge in [-0.3, -0.25) is 19.8 Å². The first-order chi connectivity index (χ1) is 15.5. The molecule has 160 valence electrons. The summed E-state index contributed by atoms with van der Waals surface area (Å²) in [5, 5.41) is 24.9. The summed E-state index contributed by atoms with van der Waals surface area (Å²) in [6.45, 7) is 3.69. The van der Waals surface area contributed by atoms with Gasteiger partial charge in [-0.05, 0) is 44.9 Å². The third kappa shape index (κ3) is 2.77. The molecule has 0 aliphatic heterocycles. The number of nitrogens with zero attached hydrogens (tertiary/aromatic N) is 6. The van der Waals surface area contributed by atoms with Crippen molar-refractivity contribution in [3.63, 3.8) is 0 Å². The molecule has 5 rings (SSSR count). The van der Waals surface area contributed by atoms with Crippen molar-refractivity contribution in [2.24, 2.45) is 5.92 Å². The van der Waals surface area contributed by atoms with Gasteiger partial charge in [-0.25, -0.2) is 14.5 Å². The molecule has 1 aliphatic rings. The second kappa shape index (κ2) is 7.20. The predicted molar refractivity (Wildman–Crippen MR) is 114 cm³/mol. The summed E-state index contributed by atoms with van der Waals surface area (Å²) in [5.74, 6) is 0.129. The zero-order valence-electron chi connectivity index (χ0n) is 17.7. The van der Waals surface area contributed by atoms with E-state index in [1.807, 2.05) is 6.92 Å². The number of aromatic amines is 2. The Balaban J connectivity index is 1.54. The summed E-state index contributed by atoms with van der Waals surface area (Å²) >= 11 is 0. The van der Waals surface area contributed by atoms with Crippen molar-refractivity contribution in [3.8, 4) is 12.1 Å². The van der Waals surface area contributed by atoms with Gasteiger partial charge in [-0.15, -0.1) is 0 Å². The first-order valence-electron chi connectivity index (χ1n) is 10.5. The van der Waals surface area contributed by atoms with Crippen molar-refractivity contribution in [1.29, 1.82) is 10.5 Å². The Morgan fingerprint density at radius 1 is 1.16 bits per heavy atom. The van der Waals surface area contributed by atoms with E-state index in [-0.39, 0.29) is 17.0 Å². The molecule has 1 unspecified atom stereocenters. The maximum absolute atomic E-state index is 12.8. The number of aryl methyl sites for hydroxylation is 1. The summed E-state index contributed by atoms with van der Waals surface area (Å²) < 4.78 is 2.68. The number of nitriles is 2. The van der Waals surface area contributed by atoms with Gasteiger partial charge in [0, 0.05) is 23.0 Å². The van der Waals surface area contributed by atoms with Gasteiger partial charge in [-0.1, -0.05) is 6.92 Å². The molecule has 4 heterocycles. The number of aromatic nitrogens is 6. The summed E-state index contributed by atoms with van der Waals surface area (Å²) in [4.78, 5) is 34.7. The van der Waals surface area contributed by atoms with Crippen LogP contribution in [0.2, 0.25) is 0 Å². The topological polar surface area (TPSA) is 148 Å². The van der Waals surface area contributed by atoms with Gasteiger partial charge < -0.3 is 0 Å². The van der Waals surface area contributed by atoms with Gasteiger partial charge >= 0.3 is 0 Å². The Morgan fingerprint density at radius 3 is 2.69 bits per heavy atom. The molecule has 0 saturated heterocycles. The third-order valence-corrected chi connectivity index (χ3v) is 6.36. The van der Waals surface area contributed by atoms with Crippen molar-refractivity contribution >= 4 is 11.3 Å². The Labute approximate surface area is 181 Å². The number of hydrogen-bond donors (Lipinski definition) is 2. The normalized spacial score (nSPS) is 15.6. The van der Waals surface area contributed by atoms with Gasteiger partial charge in [0.1, 0.15) is 23.3 Å². The molecule has 4 aromatic heterocycles. The van der Waals surface area contributed by atoms with E-state index in [0.29, 0.717) is 76.3 Å². The summed E-state index contributed by atoms with van der Waals surface area (Å²) in [6.07, 6.45) is 4.45. The maximum atomic E-state index is 12.8. The molecule has 0 amide bonds. The SMILES string of the molecule is CCc1c(C)nc2c(C#N)c(CC3CCc4c(nc5c(C#N)c[nH]n5c4=O)C3)[nH]n2c1=O. The van der Waals surface area contributed by atoms with Crippen molar-refractivity contribution in [2.75, 3.05) is 0 Å². The maximum Gasteiger partial charge on any atom is 0.276 e. The molecule has 0 fully saturated rings. The zero-order valence-corrected chi connectivity index (χ0v) is 17.7. The number of nitrogens with one attached hydrogen (secondary N) is 2. The Bertz CT molecular complexity index is 1600. The van der Waals surface area contributed by atoms with Gasteiger partial charge in [0.15, 0.2) is 11.3 Å². The van der Waals surface area contributed by atoms with Crippen molar-refractivity contribution in [1.82, 2.24) is 29.2 Å². The van der Waals surface area contributed by atoms with Crippen LogP contribution in [-0.2, 0) is 25.7 Å². The predicted octanol–water partition coefficient (Wildman–Crippen LogP) is 1.32. The molecule has 10 heteroatoms. The van der Waals surface area contributed by atoms with E-state index in [9.17, 15) is 20.1 Å². The molecule has 0 bridgehead atoms. The lowest BCUT2D eigenvalue weighted by Gasteiger charge is -2.23. The average molecular weight is 428 g/mol. The molecule has 1 atom stereocenters. The highest BCUT2D eigenvalue weighted by molar-refractivity contribution is 5.58. The van der Waals surface area contributed by atoms with Crippen LogP contribution in [0.1, 0.15) is 52.7 Å². The summed E-state index contributed by atoms with van der Waals surface area (Å²) in [6, 6.07) is 4.25. The standard InChI is InChI=1S/C22H20N8O2/c1-3-14-11(2)26-20-16(9-24)18(28-30(20)21(14)31)7-12-4-5-15-17(6-12)27-19-13(8-23)10-25-29(19)22(15)32/h10,12,25,28H,3-7H2,1-2H3. The number of rotatable bonds is 3. The van der Waals surface area contributed by atoms with Crippen LogP contribution < -0.4 is 11.1 Å². The minimum absolute atomic E-state index is 0.129. The molecular formula is C22H20N8O2. The molecule has 2 N–H and O–H groups in total. The van der Waals surface area contributed by atoms with Crippen LogP contribution >= 0.6 is 0 Å². The first kappa shape index (κ1) is 19.8. The van der Waals surface area contributed by atoms with E-state index in [0.717, 1.165) is 6.42 Å². The smallest absolute Gasteiger partial charge is 0.276 e. The van der Waals surface area contributed by atoms with Crippen LogP contribution in [-0.4, -0.2) is 29.2 Å². The molecule has 0 aromatic carbocycles. The van der Waals surface area contributed by atoms with Crippen molar-refractivity contribution in [3.05, 3.63) is 66.2 Å². The van der Waals surface area contributed by atoms with Crippen LogP contribution in [0.25, 0.3) is 11.3 Å². The van der Waals surface area contributed by atoms with E-state index >= 15 is 0 Å². The fraction of sp³-hybridized carbons (Fsp3) is 0.364. The van der Waals surface area contributed by atoms with Gasteiger partial charge in [-0.2, -0.15) is 15.0 Å². The largest absolute Gasteiger partial charge is 0.295 e. The van der Waals surface area contributed by atoms with E-state index in [1.165, 1.54) is 15.2 Å². The molecule has 0 saturated carbocycles. The van der Waals surface area contributed by atoms with Gasteiger partial charge in [0.25, 0.3) is 11.1 Å². The monoisotopic (exact) mass is 428 g/mol. The minimum Gasteiger partial charge on any atom is -0.295 e. The Morgan fingerprint density at radius 2 is 1.97 bits per heavy atom. The van der Waals surface area contributed by atoms with E-state index in [2.05, 4.69) is 32.3 Å². The molecule has 32 heavy (non-hydrogen) atoms. The fourth-order valence-electron chi connectivity index (χ4n) is 4.71. The third-order valence-electron chi connectivity index (χ3n) is 6.36. The fourth-order valence-corrected chi connectivity index (χ4v) is 4.71. The van der Waals surface area contributed by atoms with E-state index in [4.69, 9.17) is 0 Å². The highest BCUT2D eigenvalue weighted by Gasteiger charge is 2.27. The van der Waals surface area contributed by atoms with Crippen LogP contribution in [0.5, 0.6) is 0 Å². The molecule has 10 nitrogen and oxygen atoms in total. The number of H-pyrrole nitrogens is 2. The first-order valence-corrected chi connectivity index (χ1v) is 10.5. The zero-order chi connectivity index (χ0) is 22.6. The van der Waals surface area contributed by atoms with Crippen LogP contribution in [0, 0.1) is 35.5 Å². The molecular weight excluding hydrogens is 408 g/mol. The Hall–Kier alpha value is -4.18. The van der Waals surface area contributed by atoms with Crippen molar-refractivity contribution < 1.29 is 0 Å². The quantitative estimate of drug-likeness (QED) is 0.503. The Kier molecular flexibility index (Phi) is 4.45. The molecule has 1 aliphatic carbocycles. The van der Waals surface area contributed by atoms with Crippen molar-refractivity contribution in [2.45, 2.75) is 46.0 Å². The number of hydrogen-bond acceptors (Lipinski definition) is 6. The lowest BCUT2D eigenvalue weighted by molar-refractivity contribution is 0.440. The molecule has 4 aromatic rings. The number of fused-ring (bicyclic) bond motifs is 3. The van der Waals surface area contributed by atoms with Crippen LogP contribution in [0.15, 0.2) is 15.8 Å². The second-order valence-corrected chi connectivity index (χ2v) is 8.18. The summed E-state index contributed by atoms with van der Waals surface area (Å²) in [7, 11) is 0. The average Bonchev–Trinajstić information content (AvgIpc) is 3.35. The molecule has 0 radical (unpaired) electrons. The van der Waals surface area contributed by atoms with Gasteiger partial charge in [0.05, 0.1) is 11.4 Å². The lowest BCUT2D eigenvalue weighted by Crippen LogP contribution is -2.28. The second-order valence-electron chi connectivity index (χ2n) is 8.18. The van der Waals surface area contributed by atoms with Gasteiger partial charge in [0.2, 0.25) is 0 Å². The van der Waals surface area contributed by atoms with Crippen LogP contribution in [0.4, 0.5) is 0 Å². The molecule has 0 spiro atoms. The lowest BCUT2D eigenvalue weighted by atomic mass is 9.84. The van der Waals surface area contributed by atoms with Crippen LogP contribution in [0.3, 0.4) is 0 Å². The highest BCUT2D eigenvalue weighted by Crippen LogP contribution is 2.27. The van der Waals surface area contributed by atoms with E-state index in [1.54, 1.807) is 6.92 Å². The highest BCUT2D eigenvalue weighted by atomic mass is 16.1.